The molecule has 2 saturated heterocycles. The summed E-state index contributed by atoms with van der Waals surface area (Å²) in [4.78, 5) is 26.2. The Hall–Kier alpha value is -1.93. The van der Waals surface area contributed by atoms with E-state index in [4.69, 9.17) is 0 Å². The van der Waals surface area contributed by atoms with Gasteiger partial charge in [-0.05, 0) is 37.5 Å². The average Bonchev–Trinajstić information content (AvgIpc) is 2.59. The van der Waals surface area contributed by atoms with E-state index in [1.807, 2.05) is 0 Å². The normalized spacial score (nSPS) is 21.5. The van der Waals surface area contributed by atoms with Crippen molar-refractivity contribution < 1.29 is 18.0 Å². The number of piperidine rings is 1. The van der Waals surface area contributed by atoms with E-state index in [0.717, 1.165) is 19.3 Å². The van der Waals surface area contributed by atoms with Crippen LogP contribution in [0.3, 0.4) is 0 Å². The second-order valence-corrected chi connectivity index (χ2v) is 8.31. The Morgan fingerprint density at radius 1 is 1.12 bits per heavy atom. The molecule has 0 aliphatic carbocycles. The summed E-state index contributed by atoms with van der Waals surface area (Å²) in [6.45, 7) is 1.73. The summed E-state index contributed by atoms with van der Waals surface area (Å²) in [5.74, 6) is -0.444. The number of nitrogens with zero attached hydrogens (tertiary/aromatic N) is 2. The minimum absolute atomic E-state index is 0.0645. The number of hydrogen-bond donors (Lipinski definition) is 1. The number of carbonyl (C=O) groups excluding carboxylic acids is 2. The molecule has 2 aliphatic heterocycles. The number of rotatable bonds is 4. The minimum atomic E-state index is -3.83. The quantitative estimate of drug-likeness (QED) is 0.856. The average molecular weight is 365 g/mol. The molecule has 0 saturated carbocycles. The molecule has 0 radical (unpaired) electrons. The van der Waals surface area contributed by atoms with Crippen LogP contribution in [0.2, 0.25) is 0 Å². The van der Waals surface area contributed by atoms with E-state index in [1.54, 1.807) is 17.0 Å². The first kappa shape index (κ1) is 17.9. The van der Waals surface area contributed by atoms with Crippen molar-refractivity contribution in [2.45, 2.75) is 36.6 Å². The van der Waals surface area contributed by atoms with Crippen LogP contribution in [0, 0.1) is 0 Å². The van der Waals surface area contributed by atoms with Crippen LogP contribution in [-0.2, 0) is 14.8 Å². The Kier molecular flexibility index (Phi) is 5.10. The molecule has 136 valence electrons. The van der Waals surface area contributed by atoms with E-state index in [1.165, 1.54) is 23.5 Å². The third-order valence-corrected chi connectivity index (χ3v) is 6.74. The van der Waals surface area contributed by atoms with Crippen LogP contribution in [0.25, 0.3) is 0 Å². The highest BCUT2D eigenvalue weighted by Gasteiger charge is 2.37. The van der Waals surface area contributed by atoms with Gasteiger partial charge in [-0.1, -0.05) is 12.5 Å². The lowest BCUT2D eigenvalue weighted by Gasteiger charge is -2.33. The monoisotopic (exact) mass is 365 g/mol. The van der Waals surface area contributed by atoms with Crippen molar-refractivity contribution in [2.75, 3.05) is 26.7 Å². The van der Waals surface area contributed by atoms with Crippen molar-refractivity contribution in [3.05, 3.63) is 29.8 Å². The van der Waals surface area contributed by atoms with E-state index >= 15 is 0 Å². The molecule has 25 heavy (non-hydrogen) atoms. The van der Waals surface area contributed by atoms with Crippen LogP contribution in [0.15, 0.2) is 29.2 Å². The second kappa shape index (κ2) is 7.13. The predicted octanol–water partition coefficient (Wildman–Crippen LogP) is 0.822. The van der Waals surface area contributed by atoms with Gasteiger partial charge in [-0.3, -0.25) is 9.59 Å². The van der Waals surface area contributed by atoms with Gasteiger partial charge in [0, 0.05) is 32.2 Å². The van der Waals surface area contributed by atoms with Crippen molar-refractivity contribution in [1.29, 1.82) is 0 Å². The van der Waals surface area contributed by atoms with Gasteiger partial charge in [0.2, 0.25) is 15.9 Å². The summed E-state index contributed by atoms with van der Waals surface area (Å²) in [7, 11) is -2.33. The molecule has 8 heteroatoms. The Morgan fingerprint density at radius 3 is 2.52 bits per heavy atom. The van der Waals surface area contributed by atoms with Crippen LogP contribution in [0.4, 0.5) is 0 Å². The molecule has 2 aliphatic rings. The van der Waals surface area contributed by atoms with Gasteiger partial charge >= 0.3 is 0 Å². The summed E-state index contributed by atoms with van der Waals surface area (Å²) in [6.07, 6.45) is 3.02. The van der Waals surface area contributed by atoms with Gasteiger partial charge in [0.05, 0.1) is 4.90 Å². The van der Waals surface area contributed by atoms with Crippen LogP contribution < -0.4 is 5.32 Å². The lowest BCUT2D eigenvalue weighted by molar-refractivity contribution is -0.125. The van der Waals surface area contributed by atoms with Gasteiger partial charge in [-0.25, -0.2) is 8.42 Å². The van der Waals surface area contributed by atoms with E-state index in [-0.39, 0.29) is 16.7 Å². The largest absolute Gasteiger partial charge is 0.358 e. The highest BCUT2D eigenvalue weighted by molar-refractivity contribution is 7.89. The lowest BCUT2D eigenvalue weighted by atomic mass is 10.0. The first-order valence-electron chi connectivity index (χ1n) is 8.58. The van der Waals surface area contributed by atoms with E-state index in [0.29, 0.717) is 31.6 Å². The fraction of sp³-hybridized carbons (Fsp3) is 0.529. The Bertz CT molecular complexity index is 774. The van der Waals surface area contributed by atoms with E-state index in [9.17, 15) is 18.0 Å². The number of nitrogens with one attached hydrogen (secondary N) is 1. The number of hydrogen-bond acceptors (Lipinski definition) is 4. The van der Waals surface area contributed by atoms with Crippen LogP contribution in [0.1, 0.15) is 36.0 Å². The van der Waals surface area contributed by atoms with Crippen molar-refractivity contribution in [2.24, 2.45) is 0 Å². The smallest absolute Gasteiger partial charge is 0.253 e. The zero-order valence-corrected chi connectivity index (χ0v) is 15.1. The van der Waals surface area contributed by atoms with Crippen LogP contribution in [-0.4, -0.2) is 62.2 Å². The summed E-state index contributed by atoms with van der Waals surface area (Å²) in [5, 5.41) is 2.54. The first-order valence-corrected chi connectivity index (χ1v) is 10.0. The fourth-order valence-corrected chi connectivity index (χ4v) is 4.95. The maximum Gasteiger partial charge on any atom is 0.253 e. The third-order valence-electron chi connectivity index (χ3n) is 4.83. The maximum absolute atomic E-state index is 13.1. The van der Waals surface area contributed by atoms with E-state index in [2.05, 4.69) is 5.32 Å². The highest BCUT2D eigenvalue weighted by Crippen LogP contribution is 2.26. The van der Waals surface area contributed by atoms with Crippen molar-refractivity contribution in [3.8, 4) is 0 Å². The Morgan fingerprint density at radius 2 is 1.88 bits per heavy atom. The molecule has 2 fully saturated rings. The zero-order valence-electron chi connectivity index (χ0n) is 14.3. The SMILES string of the molecule is CNC(=O)[C@@H]1CCCCN1S(=O)(=O)c1cccc(C(=O)N2CCC2)c1. The Labute approximate surface area is 148 Å². The number of likely N-dealkylation sites (N-methyl/N-ethyl adjacent to an activating group) is 1. The molecule has 0 bridgehead atoms. The molecule has 3 rings (SSSR count). The van der Waals surface area contributed by atoms with Crippen molar-refractivity contribution in [1.82, 2.24) is 14.5 Å². The fourth-order valence-electron chi connectivity index (χ4n) is 3.25. The predicted molar refractivity (Wildman–Crippen MR) is 92.6 cm³/mol. The van der Waals surface area contributed by atoms with Crippen LogP contribution in [0.5, 0.6) is 0 Å². The van der Waals surface area contributed by atoms with Gasteiger partial charge in [-0.2, -0.15) is 4.31 Å². The number of sulfonamides is 1. The second-order valence-electron chi connectivity index (χ2n) is 6.42. The van der Waals surface area contributed by atoms with Crippen molar-refractivity contribution >= 4 is 21.8 Å². The number of carbonyl (C=O) groups is 2. The standard InChI is InChI=1S/C17H23N3O4S/c1-18-16(21)15-8-2-3-11-20(15)25(23,24)14-7-4-6-13(12-14)17(22)19-9-5-10-19/h4,6-7,12,15H,2-3,5,8-11H2,1H3,(H,18,21)/t15-/m0/s1. The molecular formula is C17H23N3O4S. The molecule has 2 amide bonds. The van der Waals surface area contributed by atoms with Crippen molar-refractivity contribution in [3.63, 3.8) is 0 Å². The van der Waals surface area contributed by atoms with Gasteiger partial charge in [-0.15, -0.1) is 0 Å². The molecule has 1 atom stereocenters. The summed E-state index contributed by atoms with van der Waals surface area (Å²) in [6, 6.07) is 5.42. The molecule has 1 aromatic carbocycles. The summed E-state index contributed by atoms with van der Waals surface area (Å²) < 4.78 is 27.4. The highest BCUT2D eigenvalue weighted by atomic mass is 32.2. The van der Waals surface area contributed by atoms with Gasteiger partial charge in [0.25, 0.3) is 5.91 Å². The maximum atomic E-state index is 13.1. The minimum Gasteiger partial charge on any atom is -0.358 e. The summed E-state index contributed by atoms with van der Waals surface area (Å²) >= 11 is 0. The van der Waals surface area contributed by atoms with Gasteiger partial charge in [0.1, 0.15) is 6.04 Å². The molecule has 0 unspecified atom stereocenters. The topological polar surface area (TPSA) is 86.8 Å². The first-order chi connectivity index (χ1) is 11.9. The number of benzene rings is 1. The van der Waals surface area contributed by atoms with Gasteiger partial charge < -0.3 is 10.2 Å². The Balaban J connectivity index is 1.90. The molecule has 7 nitrogen and oxygen atoms in total. The molecule has 0 aromatic heterocycles. The van der Waals surface area contributed by atoms with Gasteiger partial charge in [0.15, 0.2) is 0 Å². The molecule has 2 heterocycles. The molecule has 1 N–H and O–H groups in total. The zero-order chi connectivity index (χ0) is 18.0. The summed E-state index contributed by atoms with van der Waals surface area (Å²) in [5.41, 5.74) is 0.370. The lowest BCUT2D eigenvalue weighted by Crippen LogP contribution is -2.51. The molecule has 0 spiro atoms. The molecule has 1 aromatic rings. The van der Waals surface area contributed by atoms with Crippen LogP contribution >= 0.6 is 0 Å². The number of amides is 2. The van der Waals surface area contributed by atoms with E-state index < -0.39 is 16.1 Å². The molecular weight excluding hydrogens is 342 g/mol. The number of likely N-dealkylation sites (tertiary alicyclic amines) is 1. The third kappa shape index (κ3) is 3.41.